The third kappa shape index (κ3) is 1.54. The number of imidazole rings is 1. The summed E-state index contributed by atoms with van der Waals surface area (Å²) in [6.07, 6.45) is 1.83. The molecule has 0 fully saturated rings. The van der Waals surface area contributed by atoms with Gasteiger partial charge in [0.2, 0.25) is 0 Å². The van der Waals surface area contributed by atoms with Crippen molar-refractivity contribution in [1.82, 2.24) is 9.97 Å². The molecule has 2 aromatic rings. The lowest BCUT2D eigenvalue weighted by Gasteiger charge is -1.93. The van der Waals surface area contributed by atoms with Crippen molar-refractivity contribution in [2.24, 2.45) is 0 Å². The number of aromatic nitrogens is 2. The first-order valence-electron chi connectivity index (χ1n) is 4.05. The Hall–Kier alpha value is -1.77. The molecule has 13 heavy (non-hydrogen) atoms. The van der Waals surface area contributed by atoms with Crippen LogP contribution < -0.4 is 4.74 Å². The summed E-state index contributed by atoms with van der Waals surface area (Å²) in [7, 11) is 1.59. The van der Waals surface area contributed by atoms with Crippen molar-refractivity contribution in [1.29, 1.82) is 0 Å². The van der Waals surface area contributed by atoms with Crippen molar-refractivity contribution in [3.05, 3.63) is 36.5 Å². The monoisotopic (exact) mass is 174 g/mol. The lowest BCUT2D eigenvalue weighted by molar-refractivity contribution is 0.384. The van der Waals surface area contributed by atoms with E-state index < -0.39 is 0 Å². The van der Waals surface area contributed by atoms with Crippen LogP contribution in [-0.4, -0.2) is 17.1 Å². The summed E-state index contributed by atoms with van der Waals surface area (Å²) in [5.74, 6) is 0. The van der Waals surface area contributed by atoms with Gasteiger partial charge in [-0.2, -0.15) is 4.98 Å². The molecule has 0 spiro atoms. The zero-order chi connectivity index (χ0) is 9.10. The SMILES string of the molecule is COc1nc(-c2ccccc2)c[nH]1. The zero-order valence-electron chi connectivity index (χ0n) is 7.32. The Labute approximate surface area is 76.4 Å². The molecule has 0 unspecified atom stereocenters. The fraction of sp³-hybridized carbons (Fsp3) is 0.100. The third-order valence-corrected chi connectivity index (χ3v) is 1.82. The van der Waals surface area contributed by atoms with Gasteiger partial charge in [-0.25, -0.2) is 0 Å². The second-order valence-corrected chi connectivity index (χ2v) is 2.66. The van der Waals surface area contributed by atoms with Gasteiger partial charge < -0.3 is 9.72 Å². The summed E-state index contributed by atoms with van der Waals surface area (Å²) in [6, 6.07) is 10.5. The molecule has 0 atom stereocenters. The maximum absolute atomic E-state index is 4.95. The Bertz CT molecular complexity index is 381. The smallest absolute Gasteiger partial charge is 0.293 e. The van der Waals surface area contributed by atoms with Crippen molar-refractivity contribution < 1.29 is 4.74 Å². The Kier molecular flexibility index (Phi) is 2.00. The molecule has 0 aliphatic rings. The first kappa shape index (κ1) is 7.86. The first-order chi connectivity index (χ1) is 6.40. The molecule has 3 nitrogen and oxygen atoms in total. The summed E-state index contributed by atoms with van der Waals surface area (Å²) in [4.78, 5) is 7.14. The number of aromatic amines is 1. The van der Waals surface area contributed by atoms with Crippen molar-refractivity contribution >= 4 is 0 Å². The summed E-state index contributed by atoms with van der Waals surface area (Å²) in [5, 5.41) is 0. The number of hydrogen-bond donors (Lipinski definition) is 1. The number of methoxy groups -OCH3 is 1. The van der Waals surface area contributed by atoms with Crippen LogP contribution >= 0.6 is 0 Å². The van der Waals surface area contributed by atoms with E-state index in [1.165, 1.54) is 0 Å². The number of H-pyrrole nitrogens is 1. The fourth-order valence-corrected chi connectivity index (χ4v) is 1.17. The van der Waals surface area contributed by atoms with Crippen molar-refractivity contribution in [2.75, 3.05) is 7.11 Å². The highest BCUT2D eigenvalue weighted by atomic mass is 16.5. The van der Waals surface area contributed by atoms with E-state index in [1.807, 2.05) is 36.5 Å². The lowest BCUT2D eigenvalue weighted by Crippen LogP contribution is -1.83. The Morgan fingerprint density at radius 2 is 2.00 bits per heavy atom. The van der Waals surface area contributed by atoms with Crippen LogP contribution in [0.3, 0.4) is 0 Å². The Morgan fingerprint density at radius 1 is 1.23 bits per heavy atom. The molecule has 3 heteroatoms. The third-order valence-electron chi connectivity index (χ3n) is 1.82. The topological polar surface area (TPSA) is 37.9 Å². The molecule has 0 saturated carbocycles. The van der Waals surface area contributed by atoms with Gasteiger partial charge in [0, 0.05) is 11.8 Å². The molecular formula is C10H10N2O. The minimum absolute atomic E-state index is 0.541. The molecule has 0 aliphatic carbocycles. The van der Waals surface area contributed by atoms with Crippen molar-refractivity contribution in [3.63, 3.8) is 0 Å². The van der Waals surface area contributed by atoms with Crippen LogP contribution in [0.4, 0.5) is 0 Å². The highest BCUT2D eigenvalue weighted by Crippen LogP contribution is 2.18. The summed E-state index contributed by atoms with van der Waals surface area (Å²) in [6.45, 7) is 0. The van der Waals surface area contributed by atoms with Gasteiger partial charge in [0.05, 0.1) is 12.8 Å². The molecule has 1 aromatic heterocycles. The summed E-state index contributed by atoms with van der Waals surface area (Å²) >= 11 is 0. The minimum Gasteiger partial charge on any atom is -0.468 e. The quantitative estimate of drug-likeness (QED) is 0.756. The van der Waals surface area contributed by atoms with Crippen LogP contribution in [0.1, 0.15) is 0 Å². The summed E-state index contributed by atoms with van der Waals surface area (Å²) in [5.41, 5.74) is 1.99. The number of rotatable bonds is 2. The second-order valence-electron chi connectivity index (χ2n) is 2.66. The molecule has 2 rings (SSSR count). The molecule has 0 amide bonds. The first-order valence-corrected chi connectivity index (χ1v) is 4.05. The number of hydrogen-bond acceptors (Lipinski definition) is 2. The molecule has 1 heterocycles. The molecule has 0 radical (unpaired) electrons. The molecule has 1 aromatic carbocycles. The lowest BCUT2D eigenvalue weighted by atomic mass is 10.2. The number of nitrogens with zero attached hydrogens (tertiary/aromatic N) is 1. The number of ether oxygens (including phenoxy) is 1. The Morgan fingerprint density at radius 3 is 2.62 bits per heavy atom. The van der Waals surface area contributed by atoms with Crippen LogP contribution in [0.25, 0.3) is 11.3 Å². The van der Waals surface area contributed by atoms with Gasteiger partial charge in [-0.1, -0.05) is 30.3 Å². The van der Waals surface area contributed by atoms with E-state index in [1.54, 1.807) is 7.11 Å². The van der Waals surface area contributed by atoms with Gasteiger partial charge in [-0.15, -0.1) is 0 Å². The maximum Gasteiger partial charge on any atom is 0.293 e. The van der Waals surface area contributed by atoms with Crippen LogP contribution in [0.5, 0.6) is 6.01 Å². The van der Waals surface area contributed by atoms with E-state index in [4.69, 9.17) is 4.74 Å². The van der Waals surface area contributed by atoms with Gasteiger partial charge in [0.25, 0.3) is 6.01 Å². The molecule has 0 bridgehead atoms. The van der Waals surface area contributed by atoms with Crippen molar-refractivity contribution in [2.45, 2.75) is 0 Å². The largest absolute Gasteiger partial charge is 0.468 e. The number of nitrogens with one attached hydrogen (secondary N) is 1. The predicted octanol–water partition coefficient (Wildman–Crippen LogP) is 2.09. The average Bonchev–Trinajstić information content (AvgIpc) is 2.67. The van der Waals surface area contributed by atoms with E-state index in [9.17, 15) is 0 Å². The molecule has 1 N–H and O–H groups in total. The second kappa shape index (κ2) is 3.31. The molecular weight excluding hydrogens is 164 g/mol. The zero-order valence-corrected chi connectivity index (χ0v) is 7.32. The standard InChI is InChI=1S/C10H10N2O/c1-13-10-11-7-9(12-10)8-5-3-2-4-6-8/h2-7H,1H3,(H,11,12). The average molecular weight is 174 g/mol. The van der Waals surface area contributed by atoms with Gasteiger partial charge in [-0.3, -0.25) is 0 Å². The fourth-order valence-electron chi connectivity index (χ4n) is 1.17. The van der Waals surface area contributed by atoms with E-state index in [0.717, 1.165) is 11.3 Å². The van der Waals surface area contributed by atoms with Gasteiger partial charge >= 0.3 is 0 Å². The van der Waals surface area contributed by atoms with Crippen LogP contribution in [0.15, 0.2) is 36.5 Å². The van der Waals surface area contributed by atoms with E-state index >= 15 is 0 Å². The Balaban J connectivity index is 2.36. The van der Waals surface area contributed by atoms with Gasteiger partial charge in [0.15, 0.2) is 0 Å². The molecule has 0 aliphatic heterocycles. The minimum atomic E-state index is 0.541. The van der Waals surface area contributed by atoms with Crippen LogP contribution in [0.2, 0.25) is 0 Å². The highest BCUT2D eigenvalue weighted by molar-refractivity contribution is 5.58. The van der Waals surface area contributed by atoms with E-state index in [2.05, 4.69) is 9.97 Å². The predicted molar refractivity (Wildman–Crippen MR) is 50.6 cm³/mol. The van der Waals surface area contributed by atoms with Crippen LogP contribution in [-0.2, 0) is 0 Å². The van der Waals surface area contributed by atoms with Crippen LogP contribution in [0, 0.1) is 0 Å². The normalized spacial score (nSPS) is 9.92. The molecule has 66 valence electrons. The summed E-state index contributed by atoms with van der Waals surface area (Å²) < 4.78 is 4.95. The van der Waals surface area contributed by atoms with Crippen molar-refractivity contribution in [3.8, 4) is 17.3 Å². The van der Waals surface area contributed by atoms with E-state index in [-0.39, 0.29) is 0 Å². The van der Waals surface area contributed by atoms with Gasteiger partial charge in [0.1, 0.15) is 0 Å². The van der Waals surface area contributed by atoms with E-state index in [0.29, 0.717) is 6.01 Å². The maximum atomic E-state index is 4.95. The highest BCUT2D eigenvalue weighted by Gasteiger charge is 2.01. The molecule has 0 saturated heterocycles. The number of benzene rings is 1. The van der Waals surface area contributed by atoms with Gasteiger partial charge in [-0.05, 0) is 0 Å².